The summed E-state index contributed by atoms with van der Waals surface area (Å²) in [5.41, 5.74) is 5.15. The quantitative estimate of drug-likeness (QED) is 0.296. The lowest BCUT2D eigenvalue weighted by molar-refractivity contribution is -0.119. The highest BCUT2D eigenvalue weighted by atomic mass is 16.1. The Bertz CT molecular complexity index is 1360. The van der Waals surface area contributed by atoms with Gasteiger partial charge < -0.3 is 20.5 Å². The molecule has 0 atom stereocenters. The summed E-state index contributed by atoms with van der Waals surface area (Å²) in [5.74, 6) is 1.37. The van der Waals surface area contributed by atoms with Crippen LogP contribution < -0.4 is 16.0 Å². The molecule has 1 amide bonds. The van der Waals surface area contributed by atoms with Gasteiger partial charge in [0.1, 0.15) is 0 Å². The second kappa shape index (κ2) is 11.0. The van der Waals surface area contributed by atoms with Gasteiger partial charge in [0.15, 0.2) is 17.0 Å². The molecule has 0 spiro atoms. The van der Waals surface area contributed by atoms with Gasteiger partial charge in [-0.2, -0.15) is 9.97 Å². The molecule has 0 unspecified atom stereocenters. The highest BCUT2D eigenvalue weighted by Gasteiger charge is 2.23. The lowest BCUT2D eigenvalue weighted by Crippen LogP contribution is -2.39. The van der Waals surface area contributed by atoms with Gasteiger partial charge >= 0.3 is 0 Å². The van der Waals surface area contributed by atoms with Crippen molar-refractivity contribution >= 4 is 28.8 Å². The first-order valence-corrected chi connectivity index (χ1v) is 13.1. The van der Waals surface area contributed by atoms with Crippen molar-refractivity contribution < 1.29 is 4.79 Å². The molecule has 0 radical (unpaired) electrons. The molecular formula is C29H35N7O. The Morgan fingerprint density at radius 1 is 0.973 bits per heavy atom. The second-order valence-corrected chi connectivity index (χ2v) is 10.1. The van der Waals surface area contributed by atoms with E-state index in [1.54, 1.807) is 6.92 Å². The maximum atomic E-state index is 11.4. The zero-order chi connectivity index (χ0) is 25.8. The summed E-state index contributed by atoms with van der Waals surface area (Å²) in [4.78, 5) is 25.8. The van der Waals surface area contributed by atoms with E-state index < -0.39 is 0 Å². The SMILES string of the molecule is CC(=O)NC1CCC(Nc2nc(NCc3cccc(-c4ccccc4)c3)c3ncn(C(C)C)c3n2)CC1. The molecule has 8 heteroatoms. The van der Waals surface area contributed by atoms with Gasteiger partial charge in [0.2, 0.25) is 11.9 Å². The third-order valence-corrected chi connectivity index (χ3v) is 6.94. The summed E-state index contributed by atoms with van der Waals surface area (Å²) >= 11 is 0. The van der Waals surface area contributed by atoms with E-state index >= 15 is 0 Å². The molecule has 0 bridgehead atoms. The average molecular weight is 498 g/mol. The minimum atomic E-state index is 0.0390. The van der Waals surface area contributed by atoms with Gasteiger partial charge in [-0.3, -0.25) is 4.79 Å². The molecule has 2 aromatic heterocycles. The fourth-order valence-corrected chi connectivity index (χ4v) is 5.01. The van der Waals surface area contributed by atoms with Gasteiger partial charge in [-0.05, 0) is 62.3 Å². The number of nitrogens with zero attached hydrogens (tertiary/aromatic N) is 4. The van der Waals surface area contributed by atoms with Crippen LogP contribution in [0.1, 0.15) is 58.1 Å². The van der Waals surface area contributed by atoms with Gasteiger partial charge in [0.05, 0.1) is 6.33 Å². The molecule has 3 N–H and O–H groups in total. The first-order chi connectivity index (χ1) is 18.0. The van der Waals surface area contributed by atoms with E-state index in [4.69, 9.17) is 9.97 Å². The van der Waals surface area contributed by atoms with Crippen molar-refractivity contribution in [2.24, 2.45) is 0 Å². The lowest BCUT2D eigenvalue weighted by atomic mass is 9.91. The van der Waals surface area contributed by atoms with E-state index in [0.29, 0.717) is 12.5 Å². The summed E-state index contributed by atoms with van der Waals surface area (Å²) in [7, 11) is 0. The number of rotatable bonds is 8. The minimum Gasteiger partial charge on any atom is -0.364 e. The second-order valence-electron chi connectivity index (χ2n) is 10.1. The largest absolute Gasteiger partial charge is 0.364 e. The van der Waals surface area contributed by atoms with Crippen molar-refractivity contribution in [1.29, 1.82) is 0 Å². The van der Waals surface area contributed by atoms with E-state index in [1.165, 1.54) is 16.7 Å². The third kappa shape index (κ3) is 5.90. The van der Waals surface area contributed by atoms with Gasteiger partial charge in [-0.1, -0.05) is 48.5 Å². The Morgan fingerprint density at radius 3 is 2.43 bits per heavy atom. The first kappa shape index (κ1) is 24.7. The number of imidazole rings is 1. The summed E-state index contributed by atoms with van der Waals surface area (Å²) < 4.78 is 2.08. The molecule has 8 nitrogen and oxygen atoms in total. The number of fused-ring (bicyclic) bond motifs is 1. The zero-order valence-electron chi connectivity index (χ0n) is 21.7. The van der Waals surface area contributed by atoms with Crippen molar-refractivity contribution in [3.63, 3.8) is 0 Å². The van der Waals surface area contributed by atoms with Crippen LogP contribution in [-0.2, 0) is 11.3 Å². The number of anilines is 2. The zero-order valence-corrected chi connectivity index (χ0v) is 21.7. The number of benzene rings is 2. The highest BCUT2D eigenvalue weighted by molar-refractivity contribution is 5.84. The highest BCUT2D eigenvalue weighted by Crippen LogP contribution is 2.27. The lowest BCUT2D eigenvalue weighted by Gasteiger charge is -2.29. The van der Waals surface area contributed by atoms with Gasteiger partial charge in [-0.25, -0.2) is 4.98 Å². The number of aromatic nitrogens is 4. The minimum absolute atomic E-state index is 0.0390. The molecule has 2 heterocycles. The number of hydrogen-bond acceptors (Lipinski definition) is 6. The Kier molecular flexibility index (Phi) is 7.35. The van der Waals surface area contributed by atoms with Crippen molar-refractivity contribution in [1.82, 2.24) is 24.8 Å². The summed E-state index contributed by atoms with van der Waals surface area (Å²) in [6.45, 7) is 6.46. The van der Waals surface area contributed by atoms with Crippen molar-refractivity contribution in [2.75, 3.05) is 10.6 Å². The van der Waals surface area contributed by atoms with Crippen LogP contribution in [-0.4, -0.2) is 37.5 Å². The molecule has 37 heavy (non-hydrogen) atoms. The number of hydrogen-bond donors (Lipinski definition) is 3. The molecule has 2 aromatic carbocycles. The topological polar surface area (TPSA) is 96.8 Å². The molecular weight excluding hydrogens is 462 g/mol. The van der Waals surface area contributed by atoms with Gasteiger partial charge in [-0.15, -0.1) is 0 Å². The molecule has 1 aliphatic carbocycles. The average Bonchev–Trinajstić information content (AvgIpc) is 3.33. The van der Waals surface area contributed by atoms with E-state index in [2.05, 4.69) is 87.9 Å². The Morgan fingerprint density at radius 2 is 1.70 bits per heavy atom. The molecule has 192 valence electrons. The number of nitrogens with one attached hydrogen (secondary N) is 3. The standard InChI is InChI=1S/C29H35N7O/c1-19(2)36-18-31-26-27(30-17-21-8-7-11-23(16-21)22-9-5-4-6-10-22)34-29(35-28(26)36)33-25-14-12-24(13-15-25)32-20(3)37/h4-11,16,18-19,24-25H,12-15,17H2,1-3H3,(H,32,37)(H2,30,33,34,35). The summed E-state index contributed by atoms with van der Waals surface area (Å²) in [6.07, 6.45) is 5.67. The van der Waals surface area contributed by atoms with E-state index in [9.17, 15) is 4.79 Å². The Balaban J connectivity index is 1.36. The van der Waals surface area contributed by atoms with Crippen LogP contribution in [0, 0.1) is 0 Å². The van der Waals surface area contributed by atoms with E-state index in [-0.39, 0.29) is 24.0 Å². The maximum absolute atomic E-state index is 11.4. The Labute approximate surface area is 217 Å². The third-order valence-electron chi connectivity index (χ3n) is 6.94. The predicted molar refractivity (Wildman–Crippen MR) is 148 cm³/mol. The fraction of sp³-hybridized carbons (Fsp3) is 0.379. The van der Waals surface area contributed by atoms with Crippen LogP contribution in [0.3, 0.4) is 0 Å². The van der Waals surface area contributed by atoms with Crippen molar-refractivity contribution in [2.45, 2.75) is 71.1 Å². The van der Waals surface area contributed by atoms with E-state index in [1.807, 2.05) is 12.4 Å². The number of amides is 1. The Hall–Kier alpha value is -3.94. The normalized spacial score (nSPS) is 17.6. The smallest absolute Gasteiger partial charge is 0.227 e. The molecule has 4 aromatic rings. The molecule has 0 aliphatic heterocycles. The molecule has 5 rings (SSSR count). The van der Waals surface area contributed by atoms with Crippen LogP contribution in [0.4, 0.5) is 11.8 Å². The first-order valence-electron chi connectivity index (χ1n) is 13.1. The number of carbonyl (C=O) groups is 1. The monoisotopic (exact) mass is 497 g/mol. The van der Waals surface area contributed by atoms with Crippen LogP contribution in [0.15, 0.2) is 60.9 Å². The van der Waals surface area contributed by atoms with E-state index in [0.717, 1.165) is 42.7 Å². The molecule has 1 fully saturated rings. The molecule has 1 saturated carbocycles. The van der Waals surface area contributed by atoms with Crippen LogP contribution in [0.25, 0.3) is 22.3 Å². The predicted octanol–water partition coefficient (Wildman–Crippen LogP) is 5.55. The fourth-order valence-electron chi connectivity index (χ4n) is 5.01. The van der Waals surface area contributed by atoms with Gasteiger partial charge in [0, 0.05) is 31.6 Å². The van der Waals surface area contributed by atoms with Crippen molar-refractivity contribution in [3.8, 4) is 11.1 Å². The molecule has 0 saturated heterocycles. The summed E-state index contributed by atoms with van der Waals surface area (Å²) in [6, 6.07) is 19.7. The maximum Gasteiger partial charge on any atom is 0.227 e. The van der Waals surface area contributed by atoms with Crippen LogP contribution in [0.5, 0.6) is 0 Å². The van der Waals surface area contributed by atoms with Gasteiger partial charge in [0.25, 0.3) is 0 Å². The molecule has 1 aliphatic rings. The van der Waals surface area contributed by atoms with Crippen LogP contribution in [0.2, 0.25) is 0 Å². The summed E-state index contributed by atoms with van der Waals surface area (Å²) in [5, 5.41) is 10.1. The van der Waals surface area contributed by atoms with Crippen molar-refractivity contribution in [3.05, 3.63) is 66.5 Å². The van der Waals surface area contributed by atoms with Crippen LogP contribution >= 0.6 is 0 Å². The number of carbonyl (C=O) groups excluding carboxylic acids is 1.